The maximum atomic E-state index is 11.6. The molecule has 0 saturated carbocycles. The van der Waals surface area contributed by atoms with Gasteiger partial charge in [0.1, 0.15) is 11.3 Å². The van der Waals surface area contributed by atoms with Crippen LogP contribution in [-0.4, -0.2) is 34.9 Å². The van der Waals surface area contributed by atoms with E-state index >= 15 is 0 Å². The molecular weight excluding hydrogens is 450 g/mol. The Labute approximate surface area is 207 Å². The molecule has 0 aliphatic heterocycles. The van der Waals surface area contributed by atoms with Gasteiger partial charge in [0.2, 0.25) is 0 Å². The van der Waals surface area contributed by atoms with Crippen molar-refractivity contribution >= 4 is 18.4 Å². The molecule has 3 N–H and O–H groups in total. The van der Waals surface area contributed by atoms with Crippen LogP contribution in [0.4, 0.5) is 0 Å². The Hall–Kier alpha value is -2.86. The topological polar surface area (TPSA) is 78.8 Å². The highest BCUT2D eigenvalue weighted by Gasteiger charge is 2.21. The molecule has 1 aliphatic carbocycles. The van der Waals surface area contributed by atoms with E-state index in [0.29, 0.717) is 18.3 Å². The molecule has 0 radical (unpaired) electrons. The van der Waals surface area contributed by atoms with Gasteiger partial charge in [-0.25, -0.2) is 4.79 Å². The standard InChI is InChI=1S/C28H31NO4.ClH/c1-18(2)33-27-16-22(11-13-25(27)28(31)32)21-9-8-19-10-12-24(15-23(19)14-21)29-17-26(30)20-6-4-3-5-7-20;/h3-9,11,13-14,16,18,24,26,29-30H,10,12,15,17H2,1-2H3,(H,31,32);1H/t24-,26+;/m0./s1. The van der Waals surface area contributed by atoms with Crippen molar-refractivity contribution in [3.05, 3.63) is 89.0 Å². The summed E-state index contributed by atoms with van der Waals surface area (Å²) in [4.78, 5) is 11.6. The molecule has 6 heteroatoms. The average Bonchev–Trinajstić information content (AvgIpc) is 2.82. The summed E-state index contributed by atoms with van der Waals surface area (Å²) in [6.45, 7) is 4.30. The minimum Gasteiger partial charge on any atom is -0.490 e. The van der Waals surface area contributed by atoms with Crippen LogP contribution < -0.4 is 10.1 Å². The normalized spacial score (nSPS) is 15.8. The molecule has 2 atom stereocenters. The summed E-state index contributed by atoms with van der Waals surface area (Å²) in [5.41, 5.74) is 5.72. The number of carbonyl (C=O) groups is 1. The molecule has 180 valence electrons. The maximum absolute atomic E-state index is 11.6. The number of nitrogens with one attached hydrogen (secondary N) is 1. The smallest absolute Gasteiger partial charge is 0.339 e. The Morgan fingerprint density at radius 3 is 2.44 bits per heavy atom. The molecule has 1 aliphatic rings. The highest BCUT2D eigenvalue weighted by atomic mass is 35.5. The molecule has 34 heavy (non-hydrogen) atoms. The van der Waals surface area contributed by atoms with Gasteiger partial charge in [-0.2, -0.15) is 0 Å². The van der Waals surface area contributed by atoms with Crippen LogP contribution in [0.3, 0.4) is 0 Å². The first-order valence-electron chi connectivity index (χ1n) is 11.5. The van der Waals surface area contributed by atoms with E-state index in [9.17, 15) is 15.0 Å². The van der Waals surface area contributed by atoms with Crippen LogP contribution in [-0.2, 0) is 12.8 Å². The van der Waals surface area contributed by atoms with Gasteiger partial charge in [-0.05, 0) is 73.1 Å². The van der Waals surface area contributed by atoms with Crippen molar-refractivity contribution in [2.24, 2.45) is 0 Å². The van der Waals surface area contributed by atoms with Crippen molar-refractivity contribution in [3.8, 4) is 16.9 Å². The highest BCUT2D eigenvalue weighted by molar-refractivity contribution is 5.92. The van der Waals surface area contributed by atoms with Crippen molar-refractivity contribution in [3.63, 3.8) is 0 Å². The van der Waals surface area contributed by atoms with Crippen molar-refractivity contribution in [1.82, 2.24) is 5.32 Å². The predicted molar refractivity (Wildman–Crippen MR) is 137 cm³/mol. The molecule has 0 amide bonds. The van der Waals surface area contributed by atoms with E-state index < -0.39 is 12.1 Å². The fourth-order valence-corrected chi connectivity index (χ4v) is 4.41. The molecule has 0 aromatic heterocycles. The number of aryl methyl sites for hydroxylation is 1. The summed E-state index contributed by atoms with van der Waals surface area (Å²) in [6.07, 6.45) is 2.29. The van der Waals surface area contributed by atoms with Gasteiger partial charge in [0.05, 0.1) is 12.2 Å². The Bertz CT molecular complexity index is 1120. The van der Waals surface area contributed by atoms with Crippen LogP contribution in [0.1, 0.15) is 53.4 Å². The van der Waals surface area contributed by atoms with Crippen molar-refractivity contribution in [2.45, 2.75) is 51.4 Å². The molecule has 0 heterocycles. The summed E-state index contributed by atoms with van der Waals surface area (Å²) in [7, 11) is 0. The summed E-state index contributed by atoms with van der Waals surface area (Å²) in [5.74, 6) is -0.601. The van der Waals surface area contributed by atoms with Gasteiger partial charge in [-0.3, -0.25) is 0 Å². The fraction of sp³-hybridized carbons (Fsp3) is 0.321. The number of aliphatic hydroxyl groups excluding tert-OH is 1. The number of aromatic carboxylic acids is 1. The third kappa shape index (κ3) is 6.17. The lowest BCUT2D eigenvalue weighted by molar-refractivity contribution is 0.0690. The molecule has 0 bridgehead atoms. The predicted octanol–water partition coefficient (Wildman–Crippen LogP) is 5.44. The second kappa shape index (κ2) is 11.5. The zero-order valence-corrected chi connectivity index (χ0v) is 20.3. The molecule has 0 spiro atoms. The number of benzene rings is 3. The number of ether oxygens (including phenoxy) is 1. The Balaban J connectivity index is 0.00000324. The van der Waals surface area contributed by atoms with Crippen molar-refractivity contribution in [1.29, 1.82) is 0 Å². The van der Waals surface area contributed by atoms with Crippen molar-refractivity contribution in [2.75, 3.05) is 6.54 Å². The number of aliphatic hydroxyl groups is 1. The van der Waals surface area contributed by atoms with E-state index in [4.69, 9.17) is 4.74 Å². The SMILES string of the molecule is CC(C)Oc1cc(-c2ccc3c(c2)C[C@@H](NC[C@@H](O)c2ccccc2)CC3)ccc1C(=O)O.Cl. The number of carboxylic acids is 1. The van der Waals surface area contributed by atoms with Gasteiger partial charge < -0.3 is 20.3 Å². The number of carboxylic acid groups (broad SMARTS) is 1. The summed E-state index contributed by atoms with van der Waals surface area (Å²) >= 11 is 0. The third-order valence-electron chi connectivity index (χ3n) is 6.13. The Morgan fingerprint density at radius 2 is 1.74 bits per heavy atom. The highest BCUT2D eigenvalue weighted by Crippen LogP contribution is 2.32. The van der Waals surface area contributed by atoms with Crippen LogP contribution in [0.25, 0.3) is 11.1 Å². The van der Waals surface area contributed by atoms with E-state index in [1.165, 1.54) is 11.1 Å². The van der Waals surface area contributed by atoms with Gasteiger partial charge in [0.15, 0.2) is 0 Å². The monoisotopic (exact) mass is 481 g/mol. The second-order valence-corrected chi connectivity index (χ2v) is 8.94. The summed E-state index contributed by atoms with van der Waals surface area (Å²) < 4.78 is 5.77. The molecule has 4 rings (SSSR count). The van der Waals surface area contributed by atoms with Gasteiger partial charge >= 0.3 is 5.97 Å². The van der Waals surface area contributed by atoms with Crippen LogP contribution >= 0.6 is 12.4 Å². The molecule has 5 nitrogen and oxygen atoms in total. The van der Waals surface area contributed by atoms with Gasteiger partial charge in [0.25, 0.3) is 0 Å². The van der Waals surface area contributed by atoms with E-state index in [-0.39, 0.29) is 24.1 Å². The van der Waals surface area contributed by atoms with Crippen LogP contribution in [0.15, 0.2) is 66.7 Å². The Morgan fingerprint density at radius 1 is 1.03 bits per heavy atom. The van der Waals surface area contributed by atoms with E-state index in [0.717, 1.165) is 36.0 Å². The van der Waals surface area contributed by atoms with Gasteiger partial charge in [0, 0.05) is 12.6 Å². The second-order valence-electron chi connectivity index (χ2n) is 8.94. The Kier molecular flexibility index (Phi) is 8.72. The minimum atomic E-state index is -0.991. The van der Waals surface area contributed by atoms with Crippen LogP contribution in [0.2, 0.25) is 0 Å². The quantitative estimate of drug-likeness (QED) is 0.399. The number of hydrogen-bond acceptors (Lipinski definition) is 4. The van der Waals surface area contributed by atoms with E-state index in [2.05, 4.69) is 23.5 Å². The number of hydrogen-bond donors (Lipinski definition) is 3. The number of fused-ring (bicyclic) bond motifs is 1. The van der Waals surface area contributed by atoms with Crippen LogP contribution in [0, 0.1) is 0 Å². The minimum absolute atomic E-state index is 0. The average molecular weight is 482 g/mol. The third-order valence-corrected chi connectivity index (χ3v) is 6.13. The number of rotatable bonds is 8. The summed E-state index contributed by atoms with van der Waals surface area (Å²) in [6, 6.07) is 21.8. The molecule has 3 aromatic rings. The zero-order chi connectivity index (χ0) is 23.4. The van der Waals surface area contributed by atoms with E-state index in [1.807, 2.05) is 56.3 Å². The van der Waals surface area contributed by atoms with E-state index in [1.54, 1.807) is 6.07 Å². The largest absolute Gasteiger partial charge is 0.490 e. The first-order chi connectivity index (χ1) is 15.9. The van der Waals surface area contributed by atoms with Crippen molar-refractivity contribution < 1.29 is 19.7 Å². The number of halogens is 1. The molecule has 0 fully saturated rings. The van der Waals surface area contributed by atoms with Gasteiger partial charge in [-0.1, -0.05) is 54.6 Å². The first kappa shape index (κ1) is 25.8. The zero-order valence-electron chi connectivity index (χ0n) is 19.5. The fourth-order valence-electron chi connectivity index (χ4n) is 4.41. The lowest BCUT2D eigenvalue weighted by Gasteiger charge is -2.27. The maximum Gasteiger partial charge on any atom is 0.339 e. The molecular formula is C28H32ClNO4. The van der Waals surface area contributed by atoms with Crippen LogP contribution in [0.5, 0.6) is 5.75 Å². The lowest BCUT2D eigenvalue weighted by Crippen LogP contribution is -2.37. The molecule has 0 unspecified atom stereocenters. The molecule has 3 aromatic carbocycles. The first-order valence-corrected chi connectivity index (χ1v) is 11.5. The lowest BCUT2D eigenvalue weighted by atomic mass is 9.86. The molecule has 0 saturated heterocycles. The summed E-state index contributed by atoms with van der Waals surface area (Å²) in [5, 5.41) is 23.5. The van der Waals surface area contributed by atoms with Gasteiger partial charge in [-0.15, -0.1) is 12.4 Å².